The Balaban J connectivity index is 1.75. The quantitative estimate of drug-likeness (QED) is 0.805. The Morgan fingerprint density at radius 3 is 2.39 bits per heavy atom. The average Bonchev–Trinajstić information content (AvgIpc) is 2.69. The Bertz CT molecular complexity index is 942. The summed E-state index contributed by atoms with van der Waals surface area (Å²) < 4.78 is 26.7. The van der Waals surface area contributed by atoms with Crippen LogP contribution in [0.4, 0.5) is 5.69 Å². The molecule has 1 aliphatic rings. The number of carbonyl (C=O) groups excluding carboxylic acids is 1. The lowest BCUT2D eigenvalue weighted by Crippen LogP contribution is -2.43. The molecule has 6 nitrogen and oxygen atoms in total. The lowest BCUT2D eigenvalue weighted by atomic mass is 10.0. The van der Waals surface area contributed by atoms with Gasteiger partial charge < -0.3 is 10.2 Å². The molecule has 3 rings (SSSR count). The highest BCUT2D eigenvalue weighted by molar-refractivity contribution is 7.92. The molecule has 0 aliphatic carbocycles. The fourth-order valence-corrected chi connectivity index (χ4v) is 4.66. The third-order valence-electron chi connectivity index (χ3n) is 5.02. The molecule has 0 radical (unpaired) electrons. The number of amides is 1. The fourth-order valence-electron chi connectivity index (χ4n) is 3.19. The van der Waals surface area contributed by atoms with Crippen LogP contribution in [0, 0.1) is 0 Å². The maximum atomic E-state index is 12.8. The van der Waals surface area contributed by atoms with Gasteiger partial charge in [0.15, 0.2) is 0 Å². The number of carbonyl (C=O) groups is 1. The van der Waals surface area contributed by atoms with Gasteiger partial charge >= 0.3 is 0 Å². The van der Waals surface area contributed by atoms with E-state index in [4.69, 9.17) is 11.6 Å². The van der Waals surface area contributed by atoms with Crippen LogP contribution in [0.3, 0.4) is 0 Å². The highest BCUT2D eigenvalue weighted by Gasteiger charge is 2.23. The van der Waals surface area contributed by atoms with Crippen molar-refractivity contribution < 1.29 is 13.2 Å². The third-order valence-corrected chi connectivity index (χ3v) is 7.13. The molecule has 8 heteroatoms. The van der Waals surface area contributed by atoms with Gasteiger partial charge in [0.05, 0.1) is 21.2 Å². The van der Waals surface area contributed by atoms with Gasteiger partial charge in [0.1, 0.15) is 0 Å². The van der Waals surface area contributed by atoms with E-state index in [1.165, 1.54) is 25.2 Å². The van der Waals surface area contributed by atoms with E-state index in [0.717, 1.165) is 30.2 Å². The van der Waals surface area contributed by atoms with Crippen LogP contribution in [0.5, 0.6) is 0 Å². The van der Waals surface area contributed by atoms with E-state index in [0.29, 0.717) is 11.3 Å². The molecule has 28 heavy (non-hydrogen) atoms. The Labute approximate surface area is 171 Å². The molecule has 0 bridgehead atoms. The highest BCUT2D eigenvalue weighted by Crippen LogP contribution is 2.27. The summed E-state index contributed by atoms with van der Waals surface area (Å²) in [5, 5.41) is 3.24. The van der Waals surface area contributed by atoms with E-state index < -0.39 is 10.0 Å². The summed E-state index contributed by atoms with van der Waals surface area (Å²) in [6, 6.07) is 13.0. The molecule has 1 fully saturated rings. The minimum atomic E-state index is -3.70. The van der Waals surface area contributed by atoms with Crippen molar-refractivity contribution in [1.29, 1.82) is 0 Å². The van der Waals surface area contributed by atoms with E-state index in [-0.39, 0.29) is 21.9 Å². The summed E-state index contributed by atoms with van der Waals surface area (Å²) in [4.78, 5) is 15.0. The standard InChI is InChI=1S/C20H24ClN3O3S/c1-23-12-10-15(11-13-23)22-20(25)18-9-8-16(14-19(18)21)24(2)28(26,27)17-6-4-3-5-7-17/h3-9,14-15H,10-13H2,1-2H3,(H,22,25). The van der Waals surface area contributed by atoms with Crippen LogP contribution >= 0.6 is 11.6 Å². The van der Waals surface area contributed by atoms with Gasteiger partial charge in [-0.3, -0.25) is 9.10 Å². The maximum Gasteiger partial charge on any atom is 0.264 e. The predicted octanol–water partition coefficient (Wildman–Crippen LogP) is 2.99. The monoisotopic (exact) mass is 421 g/mol. The molecule has 2 aromatic carbocycles. The number of halogens is 1. The molecular weight excluding hydrogens is 398 g/mol. The normalized spacial score (nSPS) is 16.0. The molecule has 0 aromatic heterocycles. The van der Waals surface area contributed by atoms with Crippen molar-refractivity contribution in [2.24, 2.45) is 0 Å². The lowest BCUT2D eigenvalue weighted by Gasteiger charge is -2.29. The van der Waals surface area contributed by atoms with Crippen LogP contribution in [0.25, 0.3) is 0 Å². The number of piperidine rings is 1. The van der Waals surface area contributed by atoms with Crippen molar-refractivity contribution in [3.05, 3.63) is 59.1 Å². The summed E-state index contributed by atoms with van der Waals surface area (Å²) in [6.45, 7) is 1.89. The van der Waals surface area contributed by atoms with E-state index in [1.54, 1.807) is 30.3 Å². The second kappa shape index (κ2) is 8.51. The average molecular weight is 422 g/mol. The molecule has 1 amide bonds. The summed E-state index contributed by atoms with van der Waals surface area (Å²) in [5.41, 5.74) is 0.736. The second-order valence-corrected chi connectivity index (χ2v) is 9.38. The van der Waals surface area contributed by atoms with Gasteiger partial charge in [-0.1, -0.05) is 29.8 Å². The molecule has 0 unspecified atom stereocenters. The molecule has 1 saturated heterocycles. The summed E-state index contributed by atoms with van der Waals surface area (Å²) in [5.74, 6) is -0.236. The summed E-state index contributed by atoms with van der Waals surface area (Å²) >= 11 is 6.31. The first-order chi connectivity index (χ1) is 13.3. The first-order valence-corrected chi connectivity index (χ1v) is 10.9. The Morgan fingerprint density at radius 2 is 1.79 bits per heavy atom. The Morgan fingerprint density at radius 1 is 1.14 bits per heavy atom. The van der Waals surface area contributed by atoms with Crippen LogP contribution in [-0.4, -0.2) is 52.5 Å². The third kappa shape index (κ3) is 4.48. The molecule has 0 atom stereocenters. The smallest absolute Gasteiger partial charge is 0.264 e. The minimum Gasteiger partial charge on any atom is -0.349 e. The molecule has 1 aliphatic heterocycles. The summed E-state index contributed by atoms with van der Waals surface area (Å²) in [7, 11) is -0.173. The zero-order valence-corrected chi connectivity index (χ0v) is 17.5. The van der Waals surface area contributed by atoms with Crippen molar-refractivity contribution >= 4 is 33.2 Å². The van der Waals surface area contributed by atoms with Gasteiger partial charge in [0, 0.05) is 13.1 Å². The minimum absolute atomic E-state index is 0.126. The lowest BCUT2D eigenvalue weighted by molar-refractivity contribution is 0.0917. The molecule has 2 aromatic rings. The summed E-state index contributed by atoms with van der Waals surface area (Å²) in [6.07, 6.45) is 1.80. The van der Waals surface area contributed by atoms with Crippen LogP contribution in [0.1, 0.15) is 23.2 Å². The van der Waals surface area contributed by atoms with Gasteiger partial charge in [-0.25, -0.2) is 8.42 Å². The molecule has 0 spiro atoms. The zero-order chi connectivity index (χ0) is 20.3. The predicted molar refractivity (Wildman–Crippen MR) is 111 cm³/mol. The number of nitrogens with one attached hydrogen (secondary N) is 1. The molecule has 1 heterocycles. The highest BCUT2D eigenvalue weighted by atomic mass is 35.5. The molecule has 150 valence electrons. The van der Waals surface area contributed by atoms with Gasteiger partial charge in [-0.05, 0) is 63.3 Å². The number of hydrogen-bond acceptors (Lipinski definition) is 4. The van der Waals surface area contributed by atoms with Crippen molar-refractivity contribution in [1.82, 2.24) is 10.2 Å². The fraction of sp³-hybridized carbons (Fsp3) is 0.350. The molecule has 0 saturated carbocycles. The molecule has 1 N–H and O–H groups in total. The second-order valence-electron chi connectivity index (χ2n) is 7.00. The topological polar surface area (TPSA) is 69.7 Å². The van der Waals surface area contributed by atoms with Crippen LogP contribution in [0.15, 0.2) is 53.4 Å². The number of sulfonamides is 1. The number of benzene rings is 2. The van der Waals surface area contributed by atoms with E-state index in [1.807, 2.05) is 0 Å². The number of hydrogen-bond donors (Lipinski definition) is 1. The van der Waals surface area contributed by atoms with Crippen molar-refractivity contribution in [2.45, 2.75) is 23.8 Å². The van der Waals surface area contributed by atoms with Gasteiger partial charge in [0.25, 0.3) is 15.9 Å². The van der Waals surface area contributed by atoms with Gasteiger partial charge in [-0.15, -0.1) is 0 Å². The maximum absolute atomic E-state index is 12.8. The zero-order valence-electron chi connectivity index (χ0n) is 15.9. The van der Waals surface area contributed by atoms with Gasteiger partial charge in [-0.2, -0.15) is 0 Å². The van der Waals surface area contributed by atoms with Gasteiger partial charge in [0.2, 0.25) is 0 Å². The van der Waals surface area contributed by atoms with Crippen LogP contribution < -0.4 is 9.62 Å². The number of rotatable bonds is 5. The number of likely N-dealkylation sites (tertiary alicyclic amines) is 1. The number of nitrogens with zero attached hydrogens (tertiary/aromatic N) is 2. The molecular formula is C20H24ClN3O3S. The van der Waals surface area contributed by atoms with E-state index in [9.17, 15) is 13.2 Å². The van der Waals surface area contributed by atoms with E-state index >= 15 is 0 Å². The Hall–Kier alpha value is -2.09. The van der Waals surface area contributed by atoms with Crippen molar-refractivity contribution in [3.63, 3.8) is 0 Å². The largest absolute Gasteiger partial charge is 0.349 e. The first kappa shape index (κ1) is 20.6. The van der Waals surface area contributed by atoms with E-state index in [2.05, 4.69) is 17.3 Å². The van der Waals surface area contributed by atoms with Crippen LogP contribution in [0.2, 0.25) is 5.02 Å². The number of anilines is 1. The Kier molecular flexibility index (Phi) is 6.27. The van der Waals surface area contributed by atoms with Crippen LogP contribution in [-0.2, 0) is 10.0 Å². The van der Waals surface area contributed by atoms with Crippen molar-refractivity contribution in [2.75, 3.05) is 31.5 Å². The SMILES string of the molecule is CN1CCC(NC(=O)c2ccc(N(C)S(=O)(=O)c3ccccc3)cc2Cl)CC1. The first-order valence-electron chi connectivity index (χ1n) is 9.12. The van der Waals surface area contributed by atoms with Crippen molar-refractivity contribution in [3.8, 4) is 0 Å².